The zero-order valence-electron chi connectivity index (χ0n) is 25.6. The van der Waals surface area contributed by atoms with Crippen molar-refractivity contribution in [3.63, 3.8) is 0 Å². The maximum absolute atomic E-state index is 13.7. The van der Waals surface area contributed by atoms with Gasteiger partial charge < -0.3 is 19.3 Å². The number of alkyl halides is 9. The number of halogens is 9. The lowest BCUT2D eigenvalue weighted by Gasteiger charge is -2.35. The lowest BCUT2D eigenvalue weighted by Crippen LogP contribution is -2.49. The zero-order valence-corrected chi connectivity index (χ0v) is 25.6. The van der Waals surface area contributed by atoms with Gasteiger partial charge in [-0.15, -0.1) is 0 Å². The molecule has 0 aromatic heterocycles. The van der Waals surface area contributed by atoms with Gasteiger partial charge in [-0.2, -0.15) is 39.5 Å². The molecule has 3 saturated heterocycles. The second kappa shape index (κ2) is 13.3. The van der Waals surface area contributed by atoms with Crippen LogP contribution in [0, 0.1) is 17.8 Å². The molecule has 2 atom stereocenters. The van der Waals surface area contributed by atoms with Gasteiger partial charge in [0.25, 0.3) is 0 Å². The molecule has 0 bridgehead atoms. The van der Waals surface area contributed by atoms with Gasteiger partial charge in [0, 0.05) is 64.6 Å². The van der Waals surface area contributed by atoms with E-state index in [1.807, 2.05) is 14.7 Å². The largest absolute Gasteiger partial charge is 0.459 e. The minimum absolute atomic E-state index is 0.0567. The Bertz CT molecular complexity index is 1210. The maximum atomic E-state index is 13.7. The molecule has 0 radical (unpaired) electrons. The quantitative estimate of drug-likeness (QED) is 0.283. The van der Waals surface area contributed by atoms with E-state index in [4.69, 9.17) is 4.74 Å². The van der Waals surface area contributed by atoms with Gasteiger partial charge in [-0.1, -0.05) is 6.07 Å². The minimum atomic E-state index is -5.63. The van der Waals surface area contributed by atoms with E-state index in [9.17, 15) is 49.1 Å². The Morgan fingerprint density at radius 1 is 0.826 bits per heavy atom. The summed E-state index contributed by atoms with van der Waals surface area (Å²) >= 11 is 0. The van der Waals surface area contributed by atoms with Gasteiger partial charge in [0.05, 0.1) is 12.1 Å². The molecule has 3 fully saturated rings. The summed E-state index contributed by atoms with van der Waals surface area (Å²) in [5.74, 6) is -3.88. The number of hydrogen-bond acceptors (Lipinski definition) is 7. The molecule has 1 aromatic carbocycles. The number of carbonyl (C=O) groups excluding carboxylic acids is 2. The van der Waals surface area contributed by atoms with Gasteiger partial charge in [0.2, 0.25) is 0 Å². The first-order valence-corrected chi connectivity index (χ1v) is 14.8. The highest BCUT2D eigenvalue weighted by Gasteiger charge is 2.57. The van der Waals surface area contributed by atoms with Crippen LogP contribution in [-0.2, 0) is 27.0 Å². The van der Waals surface area contributed by atoms with E-state index >= 15 is 0 Å². The SMILES string of the molecule is CC(C)(C)OC(=O)CN1CC2CN(c3cc(C(F)(F)F)ccc3CN3CCN(C(=O)OCC(C(F)(F)F)C(F)(F)F)CC3)CC2C1. The van der Waals surface area contributed by atoms with Crippen molar-refractivity contribution in [2.75, 3.05) is 70.4 Å². The van der Waals surface area contributed by atoms with E-state index in [0.29, 0.717) is 37.4 Å². The van der Waals surface area contributed by atoms with Crippen LogP contribution in [0.3, 0.4) is 0 Å². The number of hydrogen-bond donors (Lipinski definition) is 0. The number of piperazine rings is 1. The van der Waals surface area contributed by atoms with Gasteiger partial charge in [-0.25, -0.2) is 4.79 Å². The van der Waals surface area contributed by atoms with Gasteiger partial charge in [0.1, 0.15) is 12.2 Å². The summed E-state index contributed by atoms with van der Waals surface area (Å²) in [4.78, 5) is 31.2. The van der Waals surface area contributed by atoms with E-state index in [0.717, 1.165) is 17.0 Å². The monoisotopic (exact) mass is 676 g/mol. The number of amides is 1. The van der Waals surface area contributed by atoms with Crippen molar-refractivity contribution in [1.29, 1.82) is 0 Å². The van der Waals surface area contributed by atoms with Crippen molar-refractivity contribution in [2.45, 2.75) is 51.4 Å². The van der Waals surface area contributed by atoms with Crippen LogP contribution in [0.25, 0.3) is 0 Å². The third-order valence-electron chi connectivity index (χ3n) is 8.28. The Labute approximate surface area is 260 Å². The number of nitrogens with zero attached hydrogens (tertiary/aromatic N) is 4. The summed E-state index contributed by atoms with van der Waals surface area (Å²) in [7, 11) is 0. The Hall–Kier alpha value is -2.95. The molecule has 2 unspecified atom stereocenters. The van der Waals surface area contributed by atoms with Crippen LogP contribution in [0.1, 0.15) is 31.9 Å². The molecule has 17 heteroatoms. The van der Waals surface area contributed by atoms with Crippen molar-refractivity contribution in [3.05, 3.63) is 29.3 Å². The first-order chi connectivity index (χ1) is 21.1. The first kappa shape index (κ1) is 35.9. The molecule has 1 aromatic rings. The van der Waals surface area contributed by atoms with Crippen LogP contribution in [0.5, 0.6) is 0 Å². The van der Waals surface area contributed by atoms with E-state index in [2.05, 4.69) is 4.74 Å². The summed E-state index contributed by atoms with van der Waals surface area (Å²) in [6.07, 6.45) is -17.2. The predicted octanol–water partition coefficient (Wildman–Crippen LogP) is 5.41. The fourth-order valence-corrected chi connectivity index (χ4v) is 6.09. The normalized spacial score (nSPS) is 22.0. The highest BCUT2D eigenvalue weighted by atomic mass is 19.4. The smallest absolute Gasteiger partial charge is 0.416 e. The molecule has 0 spiro atoms. The highest BCUT2D eigenvalue weighted by Crippen LogP contribution is 2.40. The predicted molar refractivity (Wildman–Crippen MR) is 147 cm³/mol. The van der Waals surface area contributed by atoms with Gasteiger partial charge in [-0.3, -0.25) is 14.6 Å². The van der Waals surface area contributed by atoms with Crippen LogP contribution in [0.15, 0.2) is 18.2 Å². The molecule has 0 aliphatic carbocycles. The Balaban J connectivity index is 1.36. The van der Waals surface area contributed by atoms with E-state index in [1.54, 1.807) is 20.8 Å². The molecule has 3 heterocycles. The van der Waals surface area contributed by atoms with Crippen molar-refractivity contribution >= 4 is 17.7 Å². The standard InChI is InChI=1S/C29H37F9N4O4/c1-26(2,3)46-24(43)16-40-12-19-14-42(15-20(19)13-40)22-10-21(27(30,31)32)5-4-18(22)11-39-6-8-41(9-7-39)25(44)45-17-23(28(33,34)35)29(36,37)38/h4-5,10,19-20,23H,6-9,11-17H2,1-3H3. The summed E-state index contributed by atoms with van der Waals surface area (Å²) in [6.45, 7) is 6.17. The number of fused-ring (bicyclic) bond motifs is 1. The van der Waals surface area contributed by atoms with Crippen LogP contribution in [0.2, 0.25) is 0 Å². The third kappa shape index (κ3) is 9.32. The summed E-state index contributed by atoms with van der Waals surface area (Å²) in [6, 6.07) is 3.50. The molecule has 1 amide bonds. The molecule has 0 saturated carbocycles. The molecule has 4 rings (SSSR count). The zero-order chi connectivity index (χ0) is 34.2. The average Bonchev–Trinajstić information content (AvgIpc) is 3.44. The second-order valence-corrected chi connectivity index (χ2v) is 13.0. The molecule has 46 heavy (non-hydrogen) atoms. The fourth-order valence-electron chi connectivity index (χ4n) is 6.09. The van der Waals surface area contributed by atoms with E-state index in [-0.39, 0.29) is 57.1 Å². The molecule has 8 nitrogen and oxygen atoms in total. The van der Waals surface area contributed by atoms with Crippen molar-refractivity contribution < 1.29 is 58.6 Å². The van der Waals surface area contributed by atoms with Crippen LogP contribution < -0.4 is 4.90 Å². The van der Waals surface area contributed by atoms with Gasteiger partial charge >= 0.3 is 30.6 Å². The number of likely N-dealkylation sites (tertiary alicyclic amines) is 1. The number of benzene rings is 1. The number of rotatable bonds is 7. The van der Waals surface area contributed by atoms with Crippen LogP contribution in [-0.4, -0.2) is 110 Å². The van der Waals surface area contributed by atoms with Crippen molar-refractivity contribution in [2.24, 2.45) is 17.8 Å². The Morgan fingerprint density at radius 2 is 1.39 bits per heavy atom. The lowest BCUT2D eigenvalue weighted by molar-refractivity contribution is -0.291. The Kier molecular flexibility index (Phi) is 10.4. The number of ether oxygens (including phenoxy) is 2. The fraction of sp³-hybridized carbons (Fsp3) is 0.724. The number of anilines is 1. The highest BCUT2D eigenvalue weighted by molar-refractivity contribution is 5.72. The lowest BCUT2D eigenvalue weighted by atomic mass is 10.0. The topological polar surface area (TPSA) is 65.6 Å². The van der Waals surface area contributed by atoms with Crippen LogP contribution >= 0.6 is 0 Å². The van der Waals surface area contributed by atoms with E-state index in [1.165, 1.54) is 6.07 Å². The third-order valence-corrected chi connectivity index (χ3v) is 8.28. The minimum Gasteiger partial charge on any atom is -0.459 e. The Morgan fingerprint density at radius 3 is 1.89 bits per heavy atom. The molecular formula is C29H37F9N4O4. The summed E-state index contributed by atoms with van der Waals surface area (Å²) in [5, 5.41) is 0. The number of carbonyl (C=O) groups is 2. The van der Waals surface area contributed by atoms with Crippen LogP contribution in [0.4, 0.5) is 50.0 Å². The number of esters is 1. The first-order valence-electron chi connectivity index (χ1n) is 14.8. The molecule has 3 aliphatic rings. The second-order valence-electron chi connectivity index (χ2n) is 13.0. The summed E-state index contributed by atoms with van der Waals surface area (Å²) < 4.78 is 127. The summed E-state index contributed by atoms with van der Waals surface area (Å²) in [5.41, 5.74) is -0.405. The molecule has 3 aliphatic heterocycles. The maximum Gasteiger partial charge on any atom is 0.416 e. The van der Waals surface area contributed by atoms with Crippen molar-refractivity contribution in [3.8, 4) is 0 Å². The van der Waals surface area contributed by atoms with E-state index < -0.39 is 48.3 Å². The van der Waals surface area contributed by atoms with Crippen molar-refractivity contribution in [1.82, 2.24) is 14.7 Å². The average molecular weight is 677 g/mol. The molecule has 0 N–H and O–H groups in total. The molecule has 260 valence electrons. The van der Waals surface area contributed by atoms with Gasteiger partial charge in [-0.05, 0) is 50.3 Å². The molecular weight excluding hydrogens is 639 g/mol. The van der Waals surface area contributed by atoms with Gasteiger partial charge in [0.15, 0.2) is 5.92 Å².